The Morgan fingerprint density at radius 2 is 2.00 bits per heavy atom. The van der Waals surface area contributed by atoms with Crippen molar-refractivity contribution < 1.29 is 4.63 Å². The Morgan fingerprint density at radius 1 is 1.13 bits per heavy atom. The van der Waals surface area contributed by atoms with Gasteiger partial charge in [-0.1, -0.05) is 6.07 Å². The predicted octanol–water partition coefficient (Wildman–Crippen LogP) is 3.71. The highest BCUT2D eigenvalue weighted by atomic mass is 79.9. The lowest BCUT2D eigenvalue weighted by Gasteiger charge is -1.97. The highest BCUT2D eigenvalue weighted by molar-refractivity contribution is 9.10. The summed E-state index contributed by atoms with van der Waals surface area (Å²) in [7, 11) is 0. The van der Waals surface area contributed by atoms with E-state index in [-0.39, 0.29) is 0 Å². The van der Waals surface area contributed by atoms with Gasteiger partial charge in [-0.3, -0.25) is 0 Å². The second kappa shape index (κ2) is 3.43. The molecule has 2 heterocycles. The lowest BCUT2D eigenvalue weighted by Crippen LogP contribution is -1.78. The summed E-state index contributed by atoms with van der Waals surface area (Å²) in [5.41, 5.74) is 2.62. The molecule has 0 N–H and O–H groups in total. The molecule has 15 heavy (non-hydrogen) atoms. The van der Waals surface area contributed by atoms with E-state index >= 15 is 0 Å². The van der Waals surface area contributed by atoms with Crippen LogP contribution in [0.1, 0.15) is 0 Å². The Morgan fingerprint density at radius 3 is 2.80 bits per heavy atom. The standard InChI is InChI=1S/C10H5BrN2OS/c11-7-4-3-6(8-2-1-5-15-8)9-10(7)13-14-12-9/h1-5H. The van der Waals surface area contributed by atoms with Crippen LogP contribution in [-0.4, -0.2) is 10.3 Å². The molecule has 3 aromatic rings. The fourth-order valence-electron chi connectivity index (χ4n) is 1.47. The first-order chi connectivity index (χ1) is 7.36. The van der Waals surface area contributed by atoms with Crippen molar-refractivity contribution in [3.8, 4) is 10.4 Å². The van der Waals surface area contributed by atoms with Gasteiger partial charge in [-0.25, -0.2) is 4.63 Å². The maximum absolute atomic E-state index is 4.76. The summed E-state index contributed by atoms with van der Waals surface area (Å²) >= 11 is 5.09. The number of halogens is 1. The second-order valence-electron chi connectivity index (χ2n) is 3.03. The maximum atomic E-state index is 4.76. The van der Waals surface area contributed by atoms with Crippen LogP contribution in [0.15, 0.2) is 38.7 Å². The topological polar surface area (TPSA) is 38.9 Å². The van der Waals surface area contributed by atoms with E-state index in [1.807, 2.05) is 23.6 Å². The summed E-state index contributed by atoms with van der Waals surface area (Å²) in [5, 5.41) is 9.82. The first-order valence-electron chi connectivity index (χ1n) is 4.31. The third-order valence-corrected chi connectivity index (χ3v) is 3.70. The van der Waals surface area contributed by atoms with Crippen molar-refractivity contribution >= 4 is 38.3 Å². The zero-order chi connectivity index (χ0) is 10.3. The molecule has 0 unspecified atom stereocenters. The first-order valence-corrected chi connectivity index (χ1v) is 5.98. The van der Waals surface area contributed by atoms with Crippen molar-refractivity contribution in [1.29, 1.82) is 0 Å². The molecule has 0 saturated heterocycles. The monoisotopic (exact) mass is 280 g/mol. The molecule has 0 aliphatic heterocycles. The summed E-state index contributed by atoms with van der Waals surface area (Å²) in [4.78, 5) is 1.17. The fourth-order valence-corrected chi connectivity index (χ4v) is 2.61. The van der Waals surface area contributed by atoms with E-state index < -0.39 is 0 Å². The summed E-state index contributed by atoms with van der Waals surface area (Å²) in [5.74, 6) is 0. The van der Waals surface area contributed by atoms with Crippen LogP contribution in [0.25, 0.3) is 21.5 Å². The Hall–Kier alpha value is -1.20. The maximum Gasteiger partial charge on any atom is 0.150 e. The van der Waals surface area contributed by atoms with Crippen LogP contribution in [0.3, 0.4) is 0 Å². The highest BCUT2D eigenvalue weighted by Crippen LogP contribution is 2.33. The normalized spacial score (nSPS) is 11.0. The number of hydrogen-bond acceptors (Lipinski definition) is 4. The smallest absolute Gasteiger partial charge is 0.150 e. The molecule has 3 nitrogen and oxygen atoms in total. The van der Waals surface area contributed by atoms with Crippen LogP contribution in [0.4, 0.5) is 0 Å². The molecule has 0 radical (unpaired) electrons. The molecular weight excluding hydrogens is 276 g/mol. The molecule has 74 valence electrons. The number of thiophene rings is 1. The van der Waals surface area contributed by atoms with Gasteiger partial charge in [-0.05, 0) is 49.8 Å². The molecule has 0 aliphatic carbocycles. The van der Waals surface area contributed by atoms with Gasteiger partial charge in [-0.2, -0.15) is 0 Å². The lowest BCUT2D eigenvalue weighted by atomic mass is 10.1. The lowest BCUT2D eigenvalue weighted by molar-refractivity contribution is 0.315. The van der Waals surface area contributed by atoms with Crippen molar-refractivity contribution in [3.63, 3.8) is 0 Å². The van der Waals surface area contributed by atoms with Crippen LogP contribution in [-0.2, 0) is 0 Å². The fraction of sp³-hybridized carbons (Fsp3) is 0. The first kappa shape index (κ1) is 9.06. The van der Waals surface area contributed by atoms with Crippen LogP contribution >= 0.6 is 27.3 Å². The molecule has 5 heteroatoms. The molecule has 0 fully saturated rings. The van der Waals surface area contributed by atoms with Gasteiger partial charge in [0.05, 0.1) is 0 Å². The minimum atomic E-state index is 0.765. The van der Waals surface area contributed by atoms with Gasteiger partial charge in [0.25, 0.3) is 0 Å². The number of fused-ring (bicyclic) bond motifs is 1. The summed E-state index contributed by atoms with van der Waals surface area (Å²) in [6.45, 7) is 0. The molecule has 0 spiro atoms. The SMILES string of the molecule is Brc1ccc(-c2cccs2)c2nonc12. The molecule has 0 bridgehead atoms. The summed E-state index contributed by atoms with van der Waals surface area (Å²) < 4.78 is 5.66. The molecule has 3 rings (SSSR count). The van der Waals surface area contributed by atoms with Crippen LogP contribution in [0, 0.1) is 0 Å². The zero-order valence-electron chi connectivity index (χ0n) is 7.48. The third kappa shape index (κ3) is 1.39. The Balaban J connectivity index is 2.37. The van der Waals surface area contributed by atoms with Gasteiger partial charge in [-0.15, -0.1) is 11.3 Å². The highest BCUT2D eigenvalue weighted by Gasteiger charge is 2.11. The van der Waals surface area contributed by atoms with E-state index in [9.17, 15) is 0 Å². The molecule has 0 atom stereocenters. The van der Waals surface area contributed by atoms with Gasteiger partial charge in [0.2, 0.25) is 0 Å². The predicted molar refractivity (Wildman–Crippen MR) is 62.8 cm³/mol. The van der Waals surface area contributed by atoms with Gasteiger partial charge in [0.1, 0.15) is 11.0 Å². The van der Waals surface area contributed by atoms with E-state index in [2.05, 4.69) is 32.3 Å². The summed E-state index contributed by atoms with van der Waals surface area (Å²) in [6, 6.07) is 8.05. The average molecular weight is 281 g/mol. The number of benzene rings is 1. The summed E-state index contributed by atoms with van der Waals surface area (Å²) in [6.07, 6.45) is 0. The van der Waals surface area contributed by atoms with Crippen molar-refractivity contribution in [3.05, 3.63) is 34.1 Å². The van der Waals surface area contributed by atoms with Crippen LogP contribution in [0.5, 0.6) is 0 Å². The van der Waals surface area contributed by atoms with Gasteiger partial charge < -0.3 is 0 Å². The second-order valence-corrected chi connectivity index (χ2v) is 4.84. The molecule has 1 aromatic carbocycles. The van der Waals surface area contributed by atoms with Gasteiger partial charge in [0.15, 0.2) is 0 Å². The van der Waals surface area contributed by atoms with Gasteiger partial charge >= 0.3 is 0 Å². The van der Waals surface area contributed by atoms with E-state index in [4.69, 9.17) is 4.63 Å². The molecule has 0 saturated carbocycles. The van der Waals surface area contributed by atoms with Crippen molar-refractivity contribution in [2.75, 3.05) is 0 Å². The van der Waals surface area contributed by atoms with E-state index in [1.54, 1.807) is 11.3 Å². The van der Waals surface area contributed by atoms with E-state index in [0.717, 1.165) is 21.1 Å². The molecular formula is C10H5BrN2OS. The largest absolute Gasteiger partial charge is 0.243 e. The molecule has 0 amide bonds. The molecule has 2 aromatic heterocycles. The zero-order valence-corrected chi connectivity index (χ0v) is 9.88. The van der Waals surface area contributed by atoms with Crippen LogP contribution < -0.4 is 0 Å². The van der Waals surface area contributed by atoms with E-state index in [0.29, 0.717) is 0 Å². The minimum Gasteiger partial charge on any atom is -0.243 e. The average Bonchev–Trinajstić information content (AvgIpc) is 2.88. The Kier molecular flexibility index (Phi) is 2.07. The minimum absolute atomic E-state index is 0.765. The number of hydrogen-bond donors (Lipinski definition) is 0. The van der Waals surface area contributed by atoms with E-state index in [1.165, 1.54) is 4.88 Å². The number of rotatable bonds is 1. The van der Waals surface area contributed by atoms with Crippen LogP contribution in [0.2, 0.25) is 0 Å². The quantitative estimate of drug-likeness (QED) is 0.682. The Labute approximate surface area is 97.8 Å². The third-order valence-electron chi connectivity index (χ3n) is 2.15. The number of nitrogens with zero attached hydrogens (tertiary/aromatic N) is 2. The van der Waals surface area contributed by atoms with Gasteiger partial charge in [0, 0.05) is 14.9 Å². The van der Waals surface area contributed by atoms with Crippen molar-refractivity contribution in [2.24, 2.45) is 0 Å². The van der Waals surface area contributed by atoms with Crippen molar-refractivity contribution in [1.82, 2.24) is 10.3 Å². The van der Waals surface area contributed by atoms with Crippen molar-refractivity contribution in [2.45, 2.75) is 0 Å². The number of aromatic nitrogens is 2. The molecule has 0 aliphatic rings. The Bertz CT molecular complexity index is 603.